The Labute approximate surface area is 117 Å². The molecule has 1 aliphatic rings. The number of carboxylic acids is 1. The van der Waals surface area contributed by atoms with Crippen molar-refractivity contribution in [2.45, 2.75) is 25.3 Å². The molecule has 0 aromatic heterocycles. The molecule has 9 heteroatoms. The normalized spacial score (nSPS) is 17.1. The van der Waals surface area contributed by atoms with Gasteiger partial charge in [0.05, 0.1) is 12.3 Å². The van der Waals surface area contributed by atoms with Crippen molar-refractivity contribution in [2.75, 3.05) is 25.1 Å². The summed E-state index contributed by atoms with van der Waals surface area (Å²) in [6, 6.07) is -1.27. The van der Waals surface area contributed by atoms with Gasteiger partial charge in [0.2, 0.25) is 11.8 Å². The molecule has 20 heavy (non-hydrogen) atoms. The van der Waals surface area contributed by atoms with Crippen molar-refractivity contribution in [3.8, 4) is 0 Å². The number of nitrogens with zero attached hydrogens (tertiary/aromatic N) is 1. The second-order valence-corrected chi connectivity index (χ2v) is 7.06. The largest absolute Gasteiger partial charge is 0.480 e. The van der Waals surface area contributed by atoms with Gasteiger partial charge in [-0.25, -0.2) is 13.2 Å². The number of rotatable bonds is 7. The monoisotopic (exact) mass is 306 g/mol. The number of sulfone groups is 1. The van der Waals surface area contributed by atoms with Gasteiger partial charge in [-0.15, -0.1) is 0 Å². The number of nitrogens with one attached hydrogen (secondary N) is 1. The average Bonchev–Trinajstić information content (AvgIpc) is 2.68. The van der Waals surface area contributed by atoms with Crippen molar-refractivity contribution < 1.29 is 27.9 Å². The molecule has 1 saturated heterocycles. The summed E-state index contributed by atoms with van der Waals surface area (Å²) in [7, 11) is -3.30. The van der Waals surface area contributed by atoms with Gasteiger partial charge in [0.1, 0.15) is 15.9 Å². The van der Waals surface area contributed by atoms with E-state index in [2.05, 4.69) is 5.32 Å². The number of aliphatic carboxylic acids is 1. The van der Waals surface area contributed by atoms with Crippen LogP contribution in [0.15, 0.2) is 0 Å². The van der Waals surface area contributed by atoms with Gasteiger partial charge in [-0.1, -0.05) is 0 Å². The van der Waals surface area contributed by atoms with Crippen LogP contribution in [0.4, 0.5) is 0 Å². The van der Waals surface area contributed by atoms with E-state index in [4.69, 9.17) is 5.11 Å². The van der Waals surface area contributed by atoms with Gasteiger partial charge in [0, 0.05) is 19.2 Å². The lowest BCUT2D eigenvalue weighted by molar-refractivity contribution is -0.142. The summed E-state index contributed by atoms with van der Waals surface area (Å²) < 4.78 is 22.0. The first-order valence-corrected chi connectivity index (χ1v) is 8.23. The standard InChI is InChI=1S/C11H18N2O6S/c1-20(18,19)6-4-8(11(16)17)12-9(14)7-13-5-2-3-10(13)15/h8H,2-7H2,1H3,(H,12,14)(H,16,17). The number of carboxylic acid groups (broad SMARTS) is 1. The second-order valence-electron chi connectivity index (χ2n) is 4.80. The topological polar surface area (TPSA) is 121 Å². The SMILES string of the molecule is CS(=O)(=O)CCC(NC(=O)CN1CCCC1=O)C(=O)O. The lowest BCUT2D eigenvalue weighted by atomic mass is 10.2. The molecule has 0 aliphatic carbocycles. The van der Waals surface area contributed by atoms with Crippen LogP contribution < -0.4 is 5.32 Å². The van der Waals surface area contributed by atoms with Gasteiger partial charge < -0.3 is 15.3 Å². The number of carbonyl (C=O) groups is 3. The summed E-state index contributed by atoms with van der Waals surface area (Å²) in [4.78, 5) is 35.3. The zero-order valence-electron chi connectivity index (χ0n) is 11.2. The highest BCUT2D eigenvalue weighted by molar-refractivity contribution is 7.90. The van der Waals surface area contributed by atoms with E-state index in [9.17, 15) is 22.8 Å². The number of hydrogen-bond donors (Lipinski definition) is 2. The van der Waals surface area contributed by atoms with Crippen LogP contribution in [0.25, 0.3) is 0 Å². The Morgan fingerprint density at radius 1 is 1.45 bits per heavy atom. The van der Waals surface area contributed by atoms with E-state index < -0.39 is 27.8 Å². The predicted octanol–water partition coefficient (Wildman–Crippen LogP) is -1.39. The van der Waals surface area contributed by atoms with Crippen molar-refractivity contribution in [3.63, 3.8) is 0 Å². The van der Waals surface area contributed by atoms with Gasteiger partial charge in [-0.3, -0.25) is 9.59 Å². The van der Waals surface area contributed by atoms with Gasteiger partial charge >= 0.3 is 5.97 Å². The van der Waals surface area contributed by atoms with Crippen molar-refractivity contribution >= 4 is 27.6 Å². The van der Waals surface area contributed by atoms with Gasteiger partial charge in [-0.05, 0) is 12.8 Å². The van der Waals surface area contributed by atoms with E-state index in [0.29, 0.717) is 19.4 Å². The molecule has 1 fully saturated rings. The molecular weight excluding hydrogens is 288 g/mol. The second kappa shape index (κ2) is 6.69. The Kier molecular flexibility index (Phi) is 5.49. The Balaban J connectivity index is 2.50. The van der Waals surface area contributed by atoms with Gasteiger partial charge in [-0.2, -0.15) is 0 Å². The molecule has 0 aromatic carbocycles. The minimum Gasteiger partial charge on any atom is -0.480 e. The number of likely N-dealkylation sites (tertiary alicyclic amines) is 1. The number of amides is 2. The molecule has 114 valence electrons. The molecule has 0 spiro atoms. The van der Waals surface area contributed by atoms with E-state index in [1.807, 2.05) is 0 Å². The molecular formula is C11H18N2O6S. The highest BCUT2D eigenvalue weighted by Crippen LogP contribution is 2.08. The smallest absolute Gasteiger partial charge is 0.326 e. The van der Waals surface area contributed by atoms with Crippen LogP contribution >= 0.6 is 0 Å². The molecule has 0 aromatic rings. The Morgan fingerprint density at radius 3 is 2.55 bits per heavy atom. The van der Waals surface area contributed by atoms with Crippen molar-refractivity contribution in [1.82, 2.24) is 10.2 Å². The maximum Gasteiger partial charge on any atom is 0.326 e. The quantitative estimate of drug-likeness (QED) is 0.597. The first kappa shape index (κ1) is 16.4. The summed E-state index contributed by atoms with van der Waals surface area (Å²) in [5, 5.41) is 11.2. The molecule has 1 rings (SSSR count). The lowest BCUT2D eigenvalue weighted by Gasteiger charge is -2.18. The van der Waals surface area contributed by atoms with Crippen LogP contribution in [0.2, 0.25) is 0 Å². The van der Waals surface area contributed by atoms with Crippen molar-refractivity contribution in [2.24, 2.45) is 0 Å². The third kappa shape index (κ3) is 5.55. The first-order chi connectivity index (χ1) is 9.19. The lowest BCUT2D eigenvalue weighted by Crippen LogP contribution is -2.46. The van der Waals surface area contributed by atoms with E-state index >= 15 is 0 Å². The van der Waals surface area contributed by atoms with Crippen LogP contribution in [0.3, 0.4) is 0 Å². The third-order valence-corrected chi connectivity index (χ3v) is 3.89. The summed E-state index contributed by atoms with van der Waals surface area (Å²) in [6.07, 6.45) is 1.87. The summed E-state index contributed by atoms with van der Waals surface area (Å²) in [5.74, 6) is -2.36. The molecule has 8 nitrogen and oxygen atoms in total. The van der Waals surface area contributed by atoms with E-state index in [-0.39, 0.29) is 24.6 Å². The molecule has 0 radical (unpaired) electrons. The molecule has 0 bridgehead atoms. The highest BCUT2D eigenvalue weighted by Gasteiger charge is 2.26. The fraction of sp³-hybridized carbons (Fsp3) is 0.727. The van der Waals surface area contributed by atoms with Crippen LogP contribution in [0.5, 0.6) is 0 Å². The molecule has 1 atom stereocenters. The Hall–Kier alpha value is -1.64. The molecule has 0 saturated carbocycles. The van der Waals surface area contributed by atoms with Crippen molar-refractivity contribution in [3.05, 3.63) is 0 Å². The molecule has 2 amide bonds. The number of carbonyl (C=O) groups excluding carboxylic acids is 2. The summed E-state index contributed by atoms with van der Waals surface area (Å²) in [5.41, 5.74) is 0. The van der Waals surface area contributed by atoms with E-state index in [0.717, 1.165) is 6.26 Å². The molecule has 1 unspecified atom stereocenters. The van der Waals surface area contributed by atoms with Crippen LogP contribution in [0.1, 0.15) is 19.3 Å². The molecule has 2 N–H and O–H groups in total. The van der Waals surface area contributed by atoms with E-state index in [1.165, 1.54) is 4.90 Å². The summed E-state index contributed by atoms with van der Waals surface area (Å²) in [6.45, 7) is 0.287. The predicted molar refractivity (Wildman–Crippen MR) is 69.7 cm³/mol. The van der Waals surface area contributed by atoms with Gasteiger partial charge in [0.25, 0.3) is 0 Å². The minimum absolute atomic E-state index is 0.136. The summed E-state index contributed by atoms with van der Waals surface area (Å²) >= 11 is 0. The van der Waals surface area contributed by atoms with Crippen molar-refractivity contribution in [1.29, 1.82) is 0 Å². The van der Waals surface area contributed by atoms with Crippen LogP contribution in [-0.2, 0) is 24.2 Å². The maximum absolute atomic E-state index is 11.7. The molecule has 1 aliphatic heterocycles. The zero-order chi connectivity index (χ0) is 15.3. The fourth-order valence-corrected chi connectivity index (χ4v) is 2.54. The maximum atomic E-state index is 11.7. The van der Waals surface area contributed by atoms with Crippen LogP contribution in [0, 0.1) is 0 Å². The molecule has 1 heterocycles. The van der Waals surface area contributed by atoms with E-state index in [1.54, 1.807) is 0 Å². The first-order valence-electron chi connectivity index (χ1n) is 6.17. The highest BCUT2D eigenvalue weighted by atomic mass is 32.2. The van der Waals surface area contributed by atoms with Gasteiger partial charge in [0.15, 0.2) is 0 Å². The zero-order valence-corrected chi connectivity index (χ0v) is 12.0. The fourth-order valence-electron chi connectivity index (χ4n) is 1.87. The number of hydrogen-bond acceptors (Lipinski definition) is 5. The van der Waals surface area contributed by atoms with Crippen LogP contribution in [-0.4, -0.2) is 67.3 Å². The Bertz CT molecular complexity index is 501. The minimum atomic E-state index is -3.30. The Morgan fingerprint density at radius 2 is 2.10 bits per heavy atom. The third-order valence-electron chi connectivity index (χ3n) is 2.92. The average molecular weight is 306 g/mol.